The van der Waals surface area contributed by atoms with Gasteiger partial charge in [0, 0.05) is 20.1 Å². The number of rotatable bonds is 8. The van der Waals surface area contributed by atoms with E-state index >= 15 is 0 Å². The summed E-state index contributed by atoms with van der Waals surface area (Å²) >= 11 is 0. The fourth-order valence-electron chi connectivity index (χ4n) is 1.55. The van der Waals surface area contributed by atoms with Crippen molar-refractivity contribution >= 4 is 5.78 Å². The zero-order valence-electron chi connectivity index (χ0n) is 10.6. The number of methoxy groups -OCH3 is 1. The predicted molar refractivity (Wildman–Crippen MR) is 67.7 cm³/mol. The predicted octanol–water partition coefficient (Wildman–Crippen LogP) is 3.08. The van der Waals surface area contributed by atoms with Crippen LogP contribution in [0.25, 0.3) is 0 Å². The van der Waals surface area contributed by atoms with Gasteiger partial charge in [-0.25, -0.2) is 0 Å². The van der Waals surface area contributed by atoms with Crippen LogP contribution in [0.4, 0.5) is 0 Å². The molecule has 0 saturated heterocycles. The molecule has 0 aromatic heterocycles. The highest BCUT2D eigenvalue weighted by molar-refractivity contribution is 5.98. The molecule has 0 amide bonds. The maximum absolute atomic E-state index is 12.0. The lowest BCUT2D eigenvalue weighted by Gasteiger charge is -2.09. The molecule has 1 rings (SSSR count). The molecule has 0 unspecified atom stereocenters. The fourth-order valence-corrected chi connectivity index (χ4v) is 1.55. The van der Waals surface area contributed by atoms with Gasteiger partial charge < -0.3 is 9.47 Å². The highest BCUT2D eigenvalue weighted by Gasteiger charge is 2.11. The van der Waals surface area contributed by atoms with Crippen LogP contribution in [0.1, 0.15) is 36.5 Å². The lowest BCUT2D eigenvalue weighted by atomic mass is 10.1. The molecule has 0 aliphatic rings. The van der Waals surface area contributed by atoms with Crippen LogP contribution in [-0.2, 0) is 4.74 Å². The largest absolute Gasteiger partial charge is 0.493 e. The summed E-state index contributed by atoms with van der Waals surface area (Å²) in [6, 6.07) is 7.42. The second-order valence-corrected chi connectivity index (χ2v) is 3.86. The first-order chi connectivity index (χ1) is 8.29. The van der Waals surface area contributed by atoms with Gasteiger partial charge in [-0.15, -0.1) is 0 Å². The third kappa shape index (κ3) is 4.57. The normalized spacial score (nSPS) is 10.2. The fraction of sp³-hybridized carbons (Fsp3) is 0.500. The van der Waals surface area contributed by atoms with E-state index in [2.05, 4.69) is 0 Å². The SMILES string of the molecule is CCCOc1ccccc1C(=O)CCCOC. The maximum Gasteiger partial charge on any atom is 0.166 e. The van der Waals surface area contributed by atoms with Gasteiger partial charge in [-0.1, -0.05) is 19.1 Å². The molecule has 0 aliphatic carbocycles. The monoisotopic (exact) mass is 236 g/mol. The standard InChI is InChI=1S/C14H20O3/c1-3-10-17-14-9-5-4-7-12(14)13(15)8-6-11-16-2/h4-5,7,9H,3,6,8,10-11H2,1-2H3. The summed E-state index contributed by atoms with van der Waals surface area (Å²) < 4.78 is 10.5. The van der Waals surface area contributed by atoms with Crippen molar-refractivity contribution in [2.24, 2.45) is 0 Å². The van der Waals surface area contributed by atoms with Gasteiger partial charge >= 0.3 is 0 Å². The van der Waals surface area contributed by atoms with Gasteiger partial charge in [0.1, 0.15) is 5.75 Å². The first-order valence-electron chi connectivity index (χ1n) is 6.03. The van der Waals surface area contributed by atoms with Crippen LogP contribution in [0.2, 0.25) is 0 Å². The highest BCUT2D eigenvalue weighted by Crippen LogP contribution is 2.20. The number of ether oxygens (including phenoxy) is 2. The summed E-state index contributed by atoms with van der Waals surface area (Å²) in [5.41, 5.74) is 0.678. The van der Waals surface area contributed by atoms with E-state index in [0.717, 1.165) is 12.8 Å². The first kappa shape index (κ1) is 13.7. The molecule has 0 fully saturated rings. The van der Waals surface area contributed by atoms with Crippen molar-refractivity contribution in [3.05, 3.63) is 29.8 Å². The molecule has 0 spiro atoms. The van der Waals surface area contributed by atoms with Crippen molar-refractivity contribution in [3.8, 4) is 5.75 Å². The smallest absolute Gasteiger partial charge is 0.166 e. The quantitative estimate of drug-likeness (QED) is 0.514. The number of benzene rings is 1. The van der Waals surface area contributed by atoms with Crippen molar-refractivity contribution < 1.29 is 14.3 Å². The number of ketones is 1. The molecule has 0 bridgehead atoms. The van der Waals surface area contributed by atoms with Gasteiger partial charge in [0.15, 0.2) is 5.78 Å². The van der Waals surface area contributed by atoms with E-state index in [1.807, 2.05) is 31.2 Å². The van der Waals surface area contributed by atoms with Gasteiger partial charge in [0.25, 0.3) is 0 Å². The molecule has 94 valence electrons. The number of carbonyl (C=O) groups excluding carboxylic acids is 1. The minimum absolute atomic E-state index is 0.119. The summed E-state index contributed by atoms with van der Waals surface area (Å²) in [6.07, 6.45) is 2.18. The van der Waals surface area contributed by atoms with E-state index in [0.29, 0.717) is 30.9 Å². The summed E-state index contributed by atoms with van der Waals surface area (Å²) in [7, 11) is 1.64. The van der Waals surface area contributed by atoms with E-state index in [9.17, 15) is 4.79 Å². The van der Waals surface area contributed by atoms with Gasteiger partial charge in [-0.3, -0.25) is 4.79 Å². The topological polar surface area (TPSA) is 35.5 Å². The maximum atomic E-state index is 12.0. The number of para-hydroxylation sites is 1. The van der Waals surface area contributed by atoms with Crippen molar-refractivity contribution in [3.63, 3.8) is 0 Å². The second-order valence-electron chi connectivity index (χ2n) is 3.86. The first-order valence-corrected chi connectivity index (χ1v) is 6.03. The summed E-state index contributed by atoms with van der Waals surface area (Å²) in [5.74, 6) is 0.811. The van der Waals surface area contributed by atoms with Gasteiger partial charge in [-0.2, -0.15) is 0 Å². The third-order valence-corrected chi connectivity index (χ3v) is 2.40. The van der Waals surface area contributed by atoms with Gasteiger partial charge in [0.2, 0.25) is 0 Å². The molecule has 0 atom stereocenters. The van der Waals surface area contributed by atoms with Crippen molar-refractivity contribution in [2.45, 2.75) is 26.2 Å². The Kier molecular flexibility index (Phi) is 6.33. The van der Waals surface area contributed by atoms with Crippen LogP contribution >= 0.6 is 0 Å². The Morgan fingerprint density at radius 2 is 2.00 bits per heavy atom. The molecule has 1 aromatic carbocycles. The average molecular weight is 236 g/mol. The average Bonchev–Trinajstić information content (AvgIpc) is 2.37. The van der Waals surface area contributed by atoms with Crippen LogP contribution < -0.4 is 4.74 Å². The minimum atomic E-state index is 0.119. The zero-order chi connectivity index (χ0) is 12.5. The molecule has 1 aromatic rings. The van der Waals surface area contributed by atoms with Crippen LogP contribution in [-0.4, -0.2) is 26.1 Å². The van der Waals surface area contributed by atoms with Crippen molar-refractivity contribution in [1.29, 1.82) is 0 Å². The van der Waals surface area contributed by atoms with E-state index < -0.39 is 0 Å². The van der Waals surface area contributed by atoms with Crippen molar-refractivity contribution in [1.82, 2.24) is 0 Å². The number of hydrogen-bond donors (Lipinski definition) is 0. The molecule has 0 aliphatic heterocycles. The van der Waals surface area contributed by atoms with Gasteiger partial charge in [-0.05, 0) is 25.0 Å². The number of hydrogen-bond acceptors (Lipinski definition) is 3. The zero-order valence-corrected chi connectivity index (χ0v) is 10.6. The molecule has 3 heteroatoms. The summed E-state index contributed by atoms with van der Waals surface area (Å²) in [6.45, 7) is 3.30. The molecular weight excluding hydrogens is 216 g/mol. The minimum Gasteiger partial charge on any atom is -0.493 e. The van der Waals surface area contributed by atoms with E-state index in [-0.39, 0.29) is 5.78 Å². The highest BCUT2D eigenvalue weighted by atomic mass is 16.5. The van der Waals surface area contributed by atoms with Gasteiger partial charge in [0.05, 0.1) is 12.2 Å². The Balaban J connectivity index is 2.64. The molecule has 17 heavy (non-hydrogen) atoms. The second kappa shape index (κ2) is 7.85. The van der Waals surface area contributed by atoms with Crippen molar-refractivity contribution in [2.75, 3.05) is 20.3 Å². The number of Topliss-reactive ketones (excluding diaryl/α,β-unsaturated/α-hetero) is 1. The van der Waals surface area contributed by atoms with Crippen LogP contribution in [0.5, 0.6) is 5.75 Å². The number of carbonyl (C=O) groups is 1. The third-order valence-electron chi connectivity index (χ3n) is 2.40. The Labute approximate surface area is 103 Å². The molecule has 0 heterocycles. The van der Waals surface area contributed by atoms with E-state index in [4.69, 9.17) is 9.47 Å². The van der Waals surface area contributed by atoms with Crippen LogP contribution in [0, 0.1) is 0 Å². The van der Waals surface area contributed by atoms with E-state index in [1.54, 1.807) is 7.11 Å². The van der Waals surface area contributed by atoms with E-state index in [1.165, 1.54) is 0 Å². The molecule has 0 radical (unpaired) electrons. The van der Waals surface area contributed by atoms with Crippen LogP contribution in [0.15, 0.2) is 24.3 Å². The Morgan fingerprint density at radius 3 is 2.71 bits per heavy atom. The molecule has 0 saturated carbocycles. The summed E-state index contributed by atoms with van der Waals surface area (Å²) in [4.78, 5) is 12.0. The summed E-state index contributed by atoms with van der Waals surface area (Å²) in [5, 5.41) is 0. The lowest BCUT2D eigenvalue weighted by Crippen LogP contribution is -2.05. The lowest BCUT2D eigenvalue weighted by molar-refractivity contribution is 0.0959. The van der Waals surface area contributed by atoms with Crippen LogP contribution in [0.3, 0.4) is 0 Å². The molecular formula is C14H20O3. The Morgan fingerprint density at radius 1 is 1.24 bits per heavy atom. The Bertz CT molecular complexity index is 347. The molecule has 3 nitrogen and oxygen atoms in total. The molecule has 0 N–H and O–H groups in total. The Hall–Kier alpha value is -1.35.